The molecule has 184 valence electrons. The second kappa shape index (κ2) is 14.5. The van der Waals surface area contributed by atoms with Gasteiger partial charge in [0.1, 0.15) is 36.8 Å². The zero-order valence-corrected chi connectivity index (χ0v) is 27.1. The Morgan fingerprint density at radius 1 is 0.886 bits per heavy atom. The summed E-state index contributed by atoms with van der Waals surface area (Å²) < 4.78 is 13.9. The number of hydrogen-bond donors (Lipinski definition) is 1. The summed E-state index contributed by atoms with van der Waals surface area (Å²) in [5, 5.41) is 0.613. The van der Waals surface area contributed by atoms with E-state index in [2.05, 4.69) is 83.7 Å². The number of halogens is 5. The van der Waals surface area contributed by atoms with Crippen LogP contribution in [0.15, 0.2) is 66.7 Å². The molecule has 0 bridgehead atoms. The van der Waals surface area contributed by atoms with Gasteiger partial charge in [0.2, 0.25) is 0 Å². The van der Waals surface area contributed by atoms with Crippen LogP contribution in [-0.4, -0.2) is 38.2 Å². The van der Waals surface area contributed by atoms with E-state index in [0.29, 0.717) is 23.7 Å². The number of carbonyl (C=O) groups is 2. The predicted octanol–water partition coefficient (Wildman–Crippen LogP) is 6.21. The van der Waals surface area contributed by atoms with E-state index in [1.165, 1.54) is 0 Å². The fourth-order valence-corrected chi connectivity index (χ4v) is 7.96. The van der Waals surface area contributed by atoms with Gasteiger partial charge in [0.05, 0.1) is 5.56 Å². The first-order chi connectivity index (χ1) is 16.8. The maximum Gasteiger partial charge on any atom is 0.340 e. The summed E-state index contributed by atoms with van der Waals surface area (Å²) in [6.45, 7) is 1.41. The highest BCUT2D eigenvalue weighted by Crippen LogP contribution is 2.24. The van der Waals surface area contributed by atoms with Crippen LogP contribution in [0.5, 0.6) is 0 Å². The van der Waals surface area contributed by atoms with Crippen molar-refractivity contribution >= 4 is 113 Å². The molecule has 0 fully saturated rings. The Labute approximate surface area is 258 Å². The number of quaternary nitrogens is 1. The van der Waals surface area contributed by atoms with Crippen LogP contribution in [0, 0.1) is 10.7 Å². The molecule has 0 aliphatic carbocycles. The van der Waals surface area contributed by atoms with Crippen LogP contribution in [0.4, 0.5) is 5.69 Å². The third kappa shape index (κ3) is 8.80. The van der Waals surface area contributed by atoms with E-state index in [-0.39, 0.29) is 25.2 Å². The topological polar surface area (TPSA) is 57.0 Å². The fourth-order valence-electron chi connectivity index (χ4n) is 3.30. The zero-order chi connectivity index (χ0) is 25.4. The zero-order valence-electron chi connectivity index (χ0n) is 18.3. The van der Waals surface area contributed by atoms with Gasteiger partial charge in [-0.2, -0.15) is 0 Å². The number of hydrogen-bond acceptors (Lipinski definition) is 4. The van der Waals surface area contributed by atoms with Crippen molar-refractivity contribution in [3.63, 3.8) is 0 Å². The average molecular weight is 896 g/mol. The summed E-state index contributed by atoms with van der Waals surface area (Å²) in [4.78, 5) is 25.7. The van der Waals surface area contributed by atoms with Crippen molar-refractivity contribution < 1.29 is 24.0 Å². The molecule has 0 aliphatic rings. The van der Waals surface area contributed by atoms with Crippen molar-refractivity contribution in [2.75, 3.05) is 26.3 Å². The Morgan fingerprint density at radius 2 is 1.51 bits per heavy atom. The van der Waals surface area contributed by atoms with Crippen molar-refractivity contribution in [3.8, 4) is 0 Å². The monoisotopic (exact) mass is 894 g/mol. The minimum Gasteiger partial charge on any atom is -0.459 e. The van der Waals surface area contributed by atoms with Crippen molar-refractivity contribution in [1.82, 2.24) is 0 Å². The lowest BCUT2D eigenvalue weighted by atomic mass is 10.1. The Morgan fingerprint density at radius 3 is 2.14 bits per heavy atom. The number of esters is 2. The van der Waals surface area contributed by atoms with Gasteiger partial charge in [0.25, 0.3) is 0 Å². The van der Waals surface area contributed by atoms with Crippen molar-refractivity contribution in [2.24, 2.45) is 0 Å². The fraction of sp³-hybridized carbons (Fsp3) is 0.200. The molecule has 3 aromatic rings. The summed E-state index contributed by atoms with van der Waals surface area (Å²) in [7, 11) is 0. The van der Waals surface area contributed by atoms with Gasteiger partial charge in [-0.1, -0.05) is 63.9 Å². The van der Waals surface area contributed by atoms with E-state index < -0.39 is 4.83 Å². The van der Waals surface area contributed by atoms with Crippen LogP contribution in [0.3, 0.4) is 0 Å². The summed E-state index contributed by atoms with van der Waals surface area (Å²) >= 11 is 16.2. The molecule has 0 amide bonds. The molecule has 2 unspecified atom stereocenters. The Kier molecular flexibility index (Phi) is 12.0. The predicted molar refractivity (Wildman–Crippen MR) is 166 cm³/mol. The molecule has 0 radical (unpaired) electrons. The van der Waals surface area contributed by atoms with Crippen LogP contribution >= 0.6 is 95.3 Å². The molecule has 1 N–H and O–H groups in total. The van der Waals surface area contributed by atoms with Crippen LogP contribution in [0.2, 0.25) is 5.02 Å². The molecular weight excluding hydrogens is 874 g/mol. The van der Waals surface area contributed by atoms with Gasteiger partial charge < -0.3 is 9.47 Å². The van der Waals surface area contributed by atoms with E-state index in [1.54, 1.807) is 6.07 Å². The van der Waals surface area contributed by atoms with Crippen LogP contribution in [0.25, 0.3) is 0 Å². The second-order valence-corrected chi connectivity index (χ2v) is 12.4. The number of ether oxygens (including phenoxy) is 2. The number of benzene rings is 3. The van der Waals surface area contributed by atoms with Gasteiger partial charge in [-0.15, -0.1) is 0 Å². The van der Waals surface area contributed by atoms with Crippen molar-refractivity contribution in [2.45, 2.75) is 4.83 Å². The van der Waals surface area contributed by atoms with Gasteiger partial charge in [-0.05, 0) is 97.6 Å². The standard InChI is InChI=1S/C25H20BrClI3NO4/c26-23(16-5-2-1-3-6-16)25(33)35-12-10-31(19-8-4-7-17(27)13-19)9-11-34-24(32)22-20(29)14-18(28)15-21(22)30/h1-8,13-15,23H,9-12H2/p+1. The highest BCUT2D eigenvalue weighted by molar-refractivity contribution is 14.1. The lowest BCUT2D eigenvalue weighted by Gasteiger charge is -2.20. The molecule has 0 heterocycles. The number of rotatable bonds is 10. The third-order valence-electron chi connectivity index (χ3n) is 5.03. The van der Waals surface area contributed by atoms with Crippen molar-refractivity contribution in [1.29, 1.82) is 0 Å². The normalized spacial score (nSPS) is 12.6. The number of nitrogens with one attached hydrogen (secondary N) is 1. The highest BCUT2D eigenvalue weighted by Gasteiger charge is 2.21. The summed E-state index contributed by atoms with van der Waals surface area (Å²) in [6, 6.07) is 20.8. The second-order valence-electron chi connectivity index (χ2n) is 7.43. The van der Waals surface area contributed by atoms with E-state index in [0.717, 1.165) is 26.9 Å². The molecule has 0 aliphatic heterocycles. The SMILES string of the molecule is O=C(OCC[NH+](CCOC(=O)C(Br)c1ccccc1)c1cccc(Cl)c1)c1c(I)cc(I)cc1I. The number of alkyl halides is 1. The van der Waals surface area contributed by atoms with Crippen LogP contribution < -0.4 is 4.90 Å². The van der Waals surface area contributed by atoms with Gasteiger partial charge in [-0.3, -0.25) is 9.69 Å². The molecule has 3 rings (SSSR count). The van der Waals surface area contributed by atoms with Crippen LogP contribution in [-0.2, 0) is 14.3 Å². The third-order valence-corrected chi connectivity index (χ3v) is 8.49. The first kappa shape index (κ1) is 29.1. The van der Waals surface area contributed by atoms with E-state index in [4.69, 9.17) is 21.1 Å². The Balaban J connectivity index is 1.60. The summed E-state index contributed by atoms with van der Waals surface area (Å²) in [5.41, 5.74) is 2.35. The van der Waals surface area contributed by atoms with Gasteiger partial charge in [-0.25, -0.2) is 4.79 Å². The smallest absolute Gasteiger partial charge is 0.340 e. The van der Waals surface area contributed by atoms with Gasteiger partial charge in [0.15, 0.2) is 0 Å². The van der Waals surface area contributed by atoms with E-state index in [1.807, 2.05) is 60.7 Å². The first-order valence-electron chi connectivity index (χ1n) is 10.5. The molecule has 5 nitrogen and oxygen atoms in total. The van der Waals surface area contributed by atoms with E-state index in [9.17, 15) is 9.59 Å². The number of carbonyl (C=O) groups excluding carboxylic acids is 2. The summed E-state index contributed by atoms with van der Waals surface area (Å²) in [5.74, 6) is -0.701. The highest BCUT2D eigenvalue weighted by atomic mass is 127. The molecule has 0 saturated heterocycles. The quantitative estimate of drug-likeness (QED) is 0.150. The molecule has 0 spiro atoms. The lowest BCUT2D eigenvalue weighted by molar-refractivity contribution is -0.833. The molecule has 2 atom stereocenters. The lowest BCUT2D eigenvalue weighted by Crippen LogP contribution is -3.08. The maximum atomic E-state index is 12.7. The molecule has 10 heteroatoms. The van der Waals surface area contributed by atoms with E-state index >= 15 is 0 Å². The molecule has 3 aromatic carbocycles. The first-order valence-corrected chi connectivity index (χ1v) is 15.1. The molecule has 0 aromatic heterocycles. The molecule has 35 heavy (non-hydrogen) atoms. The maximum absolute atomic E-state index is 12.7. The molecular formula is C25H21BrClI3NO4+. The largest absolute Gasteiger partial charge is 0.459 e. The Hall–Kier alpha value is -0.480. The Bertz CT molecular complexity index is 1160. The van der Waals surface area contributed by atoms with Crippen molar-refractivity contribution in [3.05, 3.63) is 93.6 Å². The van der Waals surface area contributed by atoms with Gasteiger partial charge in [0, 0.05) is 21.8 Å². The average Bonchev–Trinajstić information content (AvgIpc) is 2.82. The van der Waals surface area contributed by atoms with Gasteiger partial charge >= 0.3 is 11.9 Å². The summed E-state index contributed by atoms with van der Waals surface area (Å²) in [6.07, 6.45) is 0. The minimum atomic E-state index is -0.529. The molecule has 0 saturated carbocycles. The van der Waals surface area contributed by atoms with Crippen LogP contribution in [0.1, 0.15) is 20.7 Å². The minimum absolute atomic E-state index is 0.205.